The molecule has 116 valence electrons. The Kier molecular flexibility index (Phi) is 5.56. The topological polar surface area (TPSA) is 65.5 Å². The highest BCUT2D eigenvalue weighted by atomic mass is 16.3. The van der Waals surface area contributed by atoms with E-state index in [9.17, 15) is 9.90 Å². The van der Waals surface area contributed by atoms with Gasteiger partial charge < -0.3 is 15.3 Å². The van der Waals surface area contributed by atoms with Crippen molar-refractivity contribution in [3.05, 3.63) is 30.1 Å². The molecule has 0 unspecified atom stereocenters. The van der Waals surface area contributed by atoms with Crippen LogP contribution in [0.15, 0.2) is 24.5 Å². The van der Waals surface area contributed by atoms with E-state index in [0.29, 0.717) is 6.54 Å². The standard InChI is InChI=1S/C16H25N3O2/c1-12(13-7-9-17-10-8-13)18-16(21)19(2)11-14-5-3-4-6-15(14)20/h7-10,12,14-15,20H,3-6,11H2,1-2H3,(H,18,21)/t12-,14-,15-/m0/s1. The number of hydrogen-bond acceptors (Lipinski definition) is 3. The predicted molar refractivity (Wildman–Crippen MR) is 81.8 cm³/mol. The lowest BCUT2D eigenvalue weighted by molar-refractivity contribution is 0.0563. The van der Waals surface area contributed by atoms with E-state index in [0.717, 1.165) is 31.2 Å². The molecule has 2 rings (SSSR count). The third kappa shape index (κ3) is 4.43. The smallest absolute Gasteiger partial charge is 0.317 e. The van der Waals surface area contributed by atoms with Gasteiger partial charge in [0.2, 0.25) is 0 Å². The average molecular weight is 291 g/mol. The van der Waals surface area contributed by atoms with Crippen LogP contribution < -0.4 is 5.32 Å². The fourth-order valence-corrected chi connectivity index (χ4v) is 2.87. The minimum atomic E-state index is -0.272. The Morgan fingerprint density at radius 3 is 2.76 bits per heavy atom. The number of carbonyl (C=O) groups is 1. The maximum absolute atomic E-state index is 12.2. The van der Waals surface area contributed by atoms with E-state index in [1.807, 2.05) is 19.1 Å². The van der Waals surface area contributed by atoms with E-state index < -0.39 is 0 Å². The first kappa shape index (κ1) is 15.8. The molecule has 1 saturated carbocycles. The predicted octanol–water partition coefficient (Wildman–Crippen LogP) is 2.34. The number of aliphatic hydroxyl groups is 1. The summed E-state index contributed by atoms with van der Waals surface area (Å²) in [6.07, 6.45) is 7.26. The zero-order valence-electron chi connectivity index (χ0n) is 12.8. The van der Waals surface area contributed by atoms with Gasteiger partial charge in [-0.15, -0.1) is 0 Å². The average Bonchev–Trinajstić information content (AvgIpc) is 2.50. The van der Waals surface area contributed by atoms with Crippen LogP contribution in [0.5, 0.6) is 0 Å². The highest BCUT2D eigenvalue weighted by molar-refractivity contribution is 5.74. The van der Waals surface area contributed by atoms with Gasteiger partial charge in [0.25, 0.3) is 0 Å². The number of hydrogen-bond donors (Lipinski definition) is 2. The Labute approximate surface area is 126 Å². The van der Waals surface area contributed by atoms with Gasteiger partial charge in [-0.25, -0.2) is 4.79 Å². The van der Waals surface area contributed by atoms with Crippen molar-refractivity contribution in [2.24, 2.45) is 5.92 Å². The first-order chi connectivity index (χ1) is 10.1. The fourth-order valence-electron chi connectivity index (χ4n) is 2.87. The molecule has 0 aliphatic heterocycles. The lowest BCUT2D eigenvalue weighted by Crippen LogP contribution is -2.43. The monoisotopic (exact) mass is 291 g/mol. The summed E-state index contributed by atoms with van der Waals surface area (Å²) in [7, 11) is 1.79. The number of carbonyl (C=O) groups excluding carboxylic acids is 1. The fraction of sp³-hybridized carbons (Fsp3) is 0.625. The Morgan fingerprint density at radius 1 is 1.43 bits per heavy atom. The molecule has 2 N–H and O–H groups in total. The van der Waals surface area contributed by atoms with Crippen molar-refractivity contribution in [3.63, 3.8) is 0 Å². The zero-order chi connectivity index (χ0) is 15.2. The van der Waals surface area contributed by atoms with Gasteiger partial charge in [0.05, 0.1) is 12.1 Å². The van der Waals surface area contributed by atoms with Crippen LogP contribution in [0.2, 0.25) is 0 Å². The van der Waals surface area contributed by atoms with Crippen molar-refractivity contribution >= 4 is 6.03 Å². The van der Waals surface area contributed by atoms with Gasteiger partial charge in [-0.3, -0.25) is 4.98 Å². The summed E-state index contributed by atoms with van der Waals surface area (Å²) in [5.41, 5.74) is 1.03. The minimum absolute atomic E-state index is 0.0563. The molecular weight excluding hydrogens is 266 g/mol. The second kappa shape index (κ2) is 7.41. The van der Waals surface area contributed by atoms with Crippen LogP contribution in [0.1, 0.15) is 44.2 Å². The van der Waals surface area contributed by atoms with Gasteiger partial charge in [0.1, 0.15) is 0 Å². The molecule has 5 nitrogen and oxygen atoms in total. The van der Waals surface area contributed by atoms with Crippen LogP contribution in [0.25, 0.3) is 0 Å². The van der Waals surface area contributed by atoms with Crippen molar-refractivity contribution in [1.82, 2.24) is 15.2 Å². The molecule has 2 amide bonds. The maximum atomic E-state index is 12.2. The molecule has 0 radical (unpaired) electrons. The van der Waals surface area contributed by atoms with Gasteiger partial charge in [-0.2, -0.15) is 0 Å². The zero-order valence-corrected chi connectivity index (χ0v) is 12.8. The second-order valence-electron chi connectivity index (χ2n) is 5.94. The lowest BCUT2D eigenvalue weighted by Gasteiger charge is -2.31. The molecule has 1 aromatic rings. The molecule has 21 heavy (non-hydrogen) atoms. The van der Waals surface area contributed by atoms with Crippen LogP contribution in [-0.4, -0.2) is 40.7 Å². The van der Waals surface area contributed by atoms with Crippen LogP contribution in [-0.2, 0) is 0 Å². The van der Waals surface area contributed by atoms with Crippen molar-refractivity contribution in [1.29, 1.82) is 0 Å². The summed E-state index contributed by atoms with van der Waals surface area (Å²) in [6, 6.07) is 3.64. The lowest BCUT2D eigenvalue weighted by atomic mass is 9.86. The number of urea groups is 1. The second-order valence-corrected chi connectivity index (χ2v) is 5.94. The van der Waals surface area contributed by atoms with E-state index >= 15 is 0 Å². The van der Waals surface area contributed by atoms with Gasteiger partial charge in [0, 0.05) is 31.9 Å². The molecule has 0 bridgehead atoms. The Balaban J connectivity index is 1.84. The number of rotatable bonds is 4. The number of aliphatic hydroxyl groups excluding tert-OH is 1. The molecule has 5 heteroatoms. The molecule has 0 spiro atoms. The molecule has 1 aliphatic carbocycles. The van der Waals surface area contributed by atoms with Crippen molar-refractivity contribution in [2.45, 2.75) is 44.8 Å². The molecule has 1 heterocycles. The molecular formula is C16H25N3O2. The summed E-state index contributed by atoms with van der Waals surface area (Å²) in [5.74, 6) is 0.200. The van der Waals surface area contributed by atoms with Crippen molar-refractivity contribution in [2.75, 3.05) is 13.6 Å². The summed E-state index contributed by atoms with van der Waals surface area (Å²) >= 11 is 0. The van der Waals surface area contributed by atoms with Gasteiger partial charge >= 0.3 is 6.03 Å². The van der Waals surface area contributed by atoms with E-state index in [1.54, 1.807) is 24.3 Å². The number of nitrogens with one attached hydrogen (secondary N) is 1. The first-order valence-electron chi connectivity index (χ1n) is 7.67. The van der Waals surface area contributed by atoms with Crippen molar-refractivity contribution < 1.29 is 9.90 Å². The highest BCUT2D eigenvalue weighted by Gasteiger charge is 2.25. The quantitative estimate of drug-likeness (QED) is 0.895. The number of amides is 2. The third-order valence-corrected chi connectivity index (χ3v) is 4.27. The summed E-state index contributed by atoms with van der Waals surface area (Å²) in [6.45, 7) is 2.56. The molecule has 0 aromatic carbocycles. The Morgan fingerprint density at radius 2 is 2.10 bits per heavy atom. The Bertz CT molecular complexity index is 452. The SMILES string of the molecule is C[C@H](NC(=O)N(C)C[C@@H]1CCCC[C@@H]1O)c1ccncc1. The van der Waals surface area contributed by atoms with E-state index in [2.05, 4.69) is 10.3 Å². The van der Waals surface area contributed by atoms with E-state index in [4.69, 9.17) is 0 Å². The van der Waals surface area contributed by atoms with Gasteiger partial charge in [-0.1, -0.05) is 12.8 Å². The maximum Gasteiger partial charge on any atom is 0.317 e. The number of aromatic nitrogens is 1. The van der Waals surface area contributed by atoms with Gasteiger partial charge in [-0.05, 0) is 37.5 Å². The molecule has 1 aromatic heterocycles. The summed E-state index contributed by atoms with van der Waals surface area (Å²) in [5, 5.41) is 13.0. The highest BCUT2D eigenvalue weighted by Crippen LogP contribution is 2.25. The van der Waals surface area contributed by atoms with Crippen molar-refractivity contribution in [3.8, 4) is 0 Å². The molecule has 1 fully saturated rings. The van der Waals surface area contributed by atoms with E-state index in [1.165, 1.54) is 0 Å². The molecule has 3 atom stereocenters. The summed E-state index contributed by atoms with van der Waals surface area (Å²) < 4.78 is 0. The van der Waals surface area contributed by atoms with Crippen LogP contribution in [0, 0.1) is 5.92 Å². The van der Waals surface area contributed by atoms with Crippen LogP contribution >= 0.6 is 0 Å². The summed E-state index contributed by atoms with van der Waals surface area (Å²) in [4.78, 5) is 17.9. The number of nitrogens with zero attached hydrogens (tertiary/aromatic N) is 2. The van der Waals surface area contributed by atoms with Crippen LogP contribution in [0.4, 0.5) is 4.79 Å². The first-order valence-corrected chi connectivity index (χ1v) is 7.67. The molecule has 1 aliphatic rings. The number of pyridine rings is 1. The van der Waals surface area contributed by atoms with Crippen LogP contribution in [0.3, 0.4) is 0 Å². The minimum Gasteiger partial charge on any atom is -0.393 e. The van der Waals surface area contributed by atoms with E-state index in [-0.39, 0.29) is 24.1 Å². The third-order valence-electron chi connectivity index (χ3n) is 4.27. The normalized spacial score (nSPS) is 23.4. The Hall–Kier alpha value is -1.62. The largest absolute Gasteiger partial charge is 0.393 e. The molecule has 0 saturated heterocycles. The van der Waals surface area contributed by atoms with Gasteiger partial charge in [0.15, 0.2) is 0 Å².